The molecule has 1 aromatic carbocycles. The summed E-state index contributed by atoms with van der Waals surface area (Å²) in [4.78, 5) is 0. The molecule has 0 bridgehead atoms. The van der Waals surface area contributed by atoms with E-state index in [4.69, 9.17) is 5.26 Å². The molecule has 1 saturated carbocycles. The lowest BCUT2D eigenvalue weighted by atomic mass is 10.1. The van der Waals surface area contributed by atoms with Gasteiger partial charge in [-0.3, -0.25) is 0 Å². The predicted octanol–water partition coefficient (Wildman–Crippen LogP) is 3.56. The van der Waals surface area contributed by atoms with Gasteiger partial charge in [0, 0.05) is 19.1 Å². The predicted molar refractivity (Wildman–Crippen MR) is 79.1 cm³/mol. The maximum Gasteiger partial charge on any atom is 0.150 e. The van der Waals surface area contributed by atoms with Gasteiger partial charge in [-0.05, 0) is 25.0 Å². The van der Waals surface area contributed by atoms with Crippen LogP contribution in [0.25, 0.3) is 0 Å². The summed E-state index contributed by atoms with van der Waals surface area (Å²) in [6.45, 7) is 1.12. The molecule has 0 aliphatic heterocycles. The Kier molecular flexibility index (Phi) is 5.94. The van der Waals surface area contributed by atoms with Gasteiger partial charge < -0.3 is 10.6 Å². The smallest absolute Gasteiger partial charge is 0.150 e. The zero-order valence-corrected chi connectivity index (χ0v) is 12.1. The van der Waals surface area contributed by atoms with Crippen LogP contribution in [0.4, 0.5) is 14.5 Å². The van der Waals surface area contributed by atoms with Crippen LogP contribution in [-0.4, -0.2) is 19.1 Å². The molecule has 0 radical (unpaired) electrons. The Morgan fingerprint density at radius 2 is 1.67 bits per heavy atom. The van der Waals surface area contributed by atoms with Gasteiger partial charge in [0.15, 0.2) is 11.6 Å². The number of hydrogen-bond donors (Lipinski definition) is 2. The van der Waals surface area contributed by atoms with Crippen molar-refractivity contribution in [1.82, 2.24) is 5.32 Å². The Hall–Kier alpha value is -1.67. The van der Waals surface area contributed by atoms with Gasteiger partial charge in [-0.2, -0.15) is 5.26 Å². The average molecular weight is 293 g/mol. The Balaban J connectivity index is 1.79. The highest BCUT2D eigenvalue weighted by atomic mass is 19.1. The van der Waals surface area contributed by atoms with Crippen molar-refractivity contribution in [2.24, 2.45) is 0 Å². The molecule has 0 heterocycles. The van der Waals surface area contributed by atoms with E-state index in [0.717, 1.165) is 12.1 Å². The molecular weight excluding hydrogens is 272 g/mol. The molecule has 0 atom stereocenters. The lowest BCUT2D eigenvalue weighted by molar-refractivity contribution is 0.468. The molecule has 3 nitrogen and oxygen atoms in total. The van der Waals surface area contributed by atoms with Gasteiger partial charge >= 0.3 is 0 Å². The van der Waals surface area contributed by atoms with E-state index < -0.39 is 11.6 Å². The number of nitrogens with one attached hydrogen (secondary N) is 2. The number of hydrogen-bond acceptors (Lipinski definition) is 3. The van der Waals surface area contributed by atoms with Crippen molar-refractivity contribution in [1.29, 1.82) is 5.26 Å². The highest BCUT2D eigenvalue weighted by Gasteiger charge is 2.12. The first-order chi connectivity index (χ1) is 10.2. The number of anilines is 1. The third-order valence-electron chi connectivity index (χ3n) is 3.89. The van der Waals surface area contributed by atoms with E-state index in [0.29, 0.717) is 19.1 Å². The van der Waals surface area contributed by atoms with Crippen LogP contribution in [0.2, 0.25) is 0 Å². The van der Waals surface area contributed by atoms with E-state index in [-0.39, 0.29) is 11.3 Å². The molecule has 1 aliphatic rings. The number of halogens is 2. The van der Waals surface area contributed by atoms with Crippen LogP contribution in [-0.2, 0) is 0 Å². The first-order valence-corrected chi connectivity index (χ1v) is 7.57. The highest BCUT2D eigenvalue weighted by molar-refractivity contribution is 5.50. The number of nitriles is 1. The summed E-state index contributed by atoms with van der Waals surface area (Å²) in [6.07, 6.45) is 7.48. The second kappa shape index (κ2) is 7.94. The summed E-state index contributed by atoms with van der Waals surface area (Å²) in [5.74, 6) is -1.44. The first kappa shape index (κ1) is 15.7. The fourth-order valence-electron chi connectivity index (χ4n) is 2.75. The van der Waals surface area contributed by atoms with Crippen LogP contribution in [0.1, 0.15) is 44.1 Å². The van der Waals surface area contributed by atoms with Gasteiger partial charge in [0.25, 0.3) is 0 Å². The molecule has 2 rings (SSSR count). The van der Waals surface area contributed by atoms with Crippen molar-refractivity contribution in [3.8, 4) is 6.07 Å². The van der Waals surface area contributed by atoms with Crippen LogP contribution in [0.3, 0.4) is 0 Å². The van der Waals surface area contributed by atoms with Gasteiger partial charge in [-0.1, -0.05) is 25.7 Å². The molecule has 1 aliphatic carbocycles. The summed E-state index contributed by atoms with van der Waals surface area (Å²) in [7, 11) is 0. The third-order valence-corrected chi connectivity index (χ3v) is 3.89. The quantitative estimate of drug-likeness (QED) is 0.644. The van der Waals surface area contributed by atoms with Gasteiger partial charge in [0.1, 0.15) is 5.69 Å². The molecule has 114 valence electrons. The van der Waals surface area contributed by atoms with E-state index >= 15 is 0 Å². The first-order valence-electron chi connectivity index (χ1n) is 7.57. The standard InChI is InChI=1S/C16H21F2N3/c17-14-9-12(11-19)10-15(18)16(14)21-8-7-20-13-5-3-1-2-4-6-13/h9-10,13,20-21H,1-8H2. The topological polar surface area (TPSA) is 47.9 Å². The normalized spacial score (nSPS) is 16.2. The zero-order chi connectivity index (χ0) is 15.1. The van der Waals surface area contributed by atoms with E-state index in [1.165, 1.54) is 38.5 Å². The lowest BCUT2D eigenvalue weighted by Gasteiger charge is -2.17. The molecule has 5 heteroatoms. The summed E-state index contributed by atoms with van der Waals surface area (Å²) in [5, 5.41) is 14.8. The van der Waals surface area contributed by atoms with E-state index in [2.05, 4.69) is 10.6 Å². The molecule has 0 amide bonds. The van der Waals surface area contributed by atoms with Crippen molar-refractivity contribution in [3.63, 3.8) is 0 Å². The van der Waals surface area contributed by atoms with Gasteiger partial charge in [0.2, 0.25) is 0 Å². The van der Waals surface area contributed by atoms with Crippen molar-refractivity contribution >= 4 is 5.69 Å². The minimum absolute atomic E-state index is 0.00729. The highest BCUT2D eigenvalue weighted by Crippen LogP contribution is 2.20. The maximum atomic E-state index is 13.7. The van der Waals surface area contributed by atoms with E-state index in [9.17, 15) is 8.78 Å². The van der Waals surface area contributed by atoms with E-state index in [1.807, 2.05) is 0 Å². The Morgan fingerprint density at radius 1 is 1.05 bits per heavy atom. The number of benzene rings is 1. The van der Waals surface area contributed by atoms with Gasteiger partial charge in [0.05, 0.1) is 11.6 Å². The van der Waals surface area contributed by atoms with E-state index in [1.54, 1.807) is 6.07 Å². The van der Waals surface area contributed by atoms with Crippen LogP contribution in [0.5, 0.6) is 0 Å². The minimum atomic E-state index is -0.721. The van der Waals surface area contributed by atoms with Crippen molar-refractivity contribution in [2.75, 3.05) is 18.4 Å². The maximum absolute atomic E-state index is 13.7. The molecule has 1 aromatic rings. The molecule has 2 N–H and O–H groups in total. The second-order valence-electron chi connectivity index (χ2n) is 5.50. The van der Waals surface area contributed by atoms with Crippen LogP contribution in [0, 0.1) is 23.0 Å². The summed E-state index contributed by atoms with van der Waals surface area (Å²) in [6, 6.07) is 4.34. The summed E-state index contributed by atoms with van der Waals surface area (Å²) < 4.78 is 27.3. The summed E-state index contributed by atoms with van der Waals surface area (Å²) in [5.41, 5.74) is -0.163. The Morgan fingerprint density at radius 3 is 2.24 bits per heavy atom. The van der Waals surface area contributed by atoms with Crippen LogP contribution >= 0.6 is 0 Å². The molecule has 21 heavy (non-hydrogen) atoms. The fourth-order valence-corrected chi connectivity index (χ4v) is 2.75. The average Bonchev–Trinajstić information content (AvgIpc) is 2.74. The number of nitrogens with zero attached hydrogens (tertiary/aromatic N) is 1. The third kappa shape index (κ3) is 4.68. The lowest BCUT2D eigenvalue weighted by Crippen LogP contribution is -2.32. The molecule has 0 aromatic heterocycles. The molecule has 1 fully saturated rings. The van der Waals surface area contributed by atoms with Gasteiger partial charge in [-0.15, -0.1) is 0 Å². The molecule has 0 saturated heterocycles. The fraction of sp³-hybridized carbons (Fsp3) is 0.562. The summed E-state index contributed by atoms with van der Waals surface area (Å²) >= 11 is 0. The largest absolute Gasteiger partial charge is 0.379 e. The minimum Gasteiger partial charge on any atom is -0.379 e. The zero-order valence-electron chi connectivity index (χ0n) is 12.1. The Bertz CT molecular complexity index is 480. The molecule has 0 spiro atoms. The van der Waals surface area contributed by atoms with Crippen LogP contribution in [0.15, 0.2) is 12.1 Å². The monoisotopic (exact) mass is 293 g/mol. The second-order valence-corrected chi connectivity index (χ2v) is 5.50. The van der Waals surface area contributed by atoms with Crippen LogP contribution < -0.4 is 10.6 Å². The van der Waals surface area contributed by atoms with Crippen molar-refractivity contribution in [3.05, 3.63) is 29.3 Å². The van der Waals surface area contributed by atoms with Gasteiger partial charge in [-0.25, -0.2) is 8.78 Å². The van der Waals surface area contributed by atoms with Crippen molar-refractivity contribution in [2.45, 2.75) is 44.6 Å². The number of rotatable bonds is 5. The Labute approximate surface area is 124 Å². The SMILES string of the molecule is N#Cc1cc(F)c(NCCNC2CCCCCC2)c(F)c1. The molecular formula is C16H21F2N3. The van der Waals surface area contributed by atoms with Crippen molar-refractivity contribution < 1.29 is 8.78 Å². The molecule has 0 unspecified atom stereocenters.